The van der Waals surface area contributed by atoms with E-state index in [9.17, 15) is 0 Å². The van der Waals surface area contributed by atoms with Gasteiger partial charge in [-0.25, -0.2) is 4.98 Å². The van der Waals surface area contributed by atoms with E-state index in [1.54, 1.807) is 0 Å². The minimum atomic E-state index is 0.512. The normalized spacial score (nSPS) is 24.7. The molecule has 1 aliphatic rings. The van der Waals surface area contributed by atoms with Gasteiger partial charge in [-0.2, -0.15) is 0 Å². The van der Waals surface area contributed by atoms with Crippen molar-refractivity contribution in [1.82, 2.24) is 14.9 Å². The van der Waals surface area contributed by atoms with E-state index >= 15 is 0 Å². The average Bonchev–Trinajstić information content (AvgIpc) is 2.95. The zero-order chi connectivity index (χ0) is 14.9. The minimum absolute atomic E-state index is 0.512. The Morgan fingerprint density at radius 1 is 1.29 bits per heavy atom. The summed E-state index contributed by atoms with van der Waals surface area (Å²) >= 11 is 0. The van der Waals surface area contributed by atoms with Crippen LogP contribution in [0.3, 0.4) is 0 Å². The second kappa shape index (κ2) is 5.80. The Morgan fingerprint density at radius 3 is 2.86 bits per heavy atom. The van der Waals surface area contributed by atoms with E-state index in [4.69, 9.17) is 0 Å². The highest BCUT2D eigenvalue weighted by atomic mass is 15.0. The van der Waals surface area contributed by atoms with Crippen molar-refractivity contribution in [3.05, 3.63) is 30.6 Å². The smallest absolute Gasteiger partial charge is 0.0958 e. The van der Waals surface area contributed by atoms with Gasteiger partial charge in [0.05, 0.1) is 17.4 Å². The molecule has 2 unspecified atom stereocenters. The van der Waals surface area contributed by atoms with Crippen molar-refractivity contribution in [3.8, 4) is 0 Å². The van der Waals surface area contributed by atoms with E-state index in [0.717, 1.165) is 30.9 Å². The fourth-order valence-corrected chi connectivity index (χ4v) is 3.89. The van der Waals surface area contributed by atoms with Crippen LogP contribution in [0.5, 0.6) is 0 Å². The Hall–Kier alpha value is -1.35. The molecule has 0 aliphatic heterocycles. The van der Waals surface area contributed by atoms with Gasteiger partial charge >= 0.3 is 0 Å². The van der Waals surface area contributed by atoms with E-state index < -0.39 is 0 Å². The fourth-order valence-electron chi connectivity index (χ4n) is 3.89. The highest BCUT2D eigenvalue weighted by Gasteiger charge is 2.35. The molecular weight excluding hydrogens is 258 g/mol. The largest absolute Gasteiger partial charge is 0.331 e. The number of nitrogens with zero attached hydrogens (tertiary/aromatic N) is 2. The molecule has 0 bridgehead atoms. The molecule has 1 aliphatic carbocycles. The maximum absolute atomic E-state index is 4.45. The zero-order valence-electron chi connectivity index (χ0n) is 13.5. The summed E-state index contributed by atoms with van der Waals surface area (Å²) in [6, 6.07) is 9.05. The number of para-hydroxylation sites is 2. The summed E-state index contributed by atoms with van der Waals surface area (Å²) < 4.78 is 2.26. The lowest BCUT2D eigenvalue weighted by atomic mass is 9.91. The van der Waals surface area contributed by atoms with Crippen molar-refractivity contribution in [2.24, 2.45) is 11.3 Å². The second-order valence-corrected chi connectivity index (χ2v) is 7.39. The zero-order valence-corrected chi connectivity index (χ0v) is 13.5. The molecule has 1 aromatic carbocycles. The van der Waals surface area contributed by atoms with Gasteiger partial charge in [0.25, 0.3) is 0 Å². The number of nitrogens with one attached hydrogen (secondary N) is 1. The van der Waals surface area contributed by atoms with Crippen LogP contribution < -0.4 is 5.32 Å². The van der Waals surface area contributed by atoms with Gasteiger partial charge in [0.15, 0.2) is 0 Å². The Kier molecular flexibility index (Phi) is 4.03. The van der Waals surface area contributed by atoms with Crippen LogP contribution in [0.4, 0.5) is 0 Å². The molecule has 2 aromatic rings. The molecule has 1 aromatic heterocycles. The Bertz CT molecular complexity index is 599. The summed E-state index contributed by atoms with van der Waals surface area (Å²) in [5, 5.41) is 3.76. The van der Waals surface area contributed by atoms with Crippen molar-refractivity contribution >= 4 is 11.0 Å². The van der Waals surface area contributed by atoms with Gasteiger partial charge in [-0.3, -0.25) is 0 Å². The number of benzene rings is 1. The molecule has 1 fully saturated rings. The third-order valence-corrected chi connectivity index (χ3v) is 4.84. The lowest BCUT2D eigenvalue weighted by molar-refractivity contribution is 0.361. The van der Waals surface area contributed by atoms with Gasteiger partial charge in [-0.05, 0) is 49.3 Å². The Labute approximate surface area is 127 Å². The van der Waals surface area contributed by atoms with Crippen molar-refractivity contribution in [1.29, 1.82) is 0 Å². The van der Waals surface area contributed by atoms with Crippen molar-refractivity contribution in [3.63, 3.8) is 0 Å². The molecule has 0 radical (unpaired) electrons. The highest BCUT2D eigenvalue weighted by Crippen LogP contribution is 2.40. The fraction of sp³-hybridized carbons (Fsp3) is 0.611. The van der Waals surface area contributed by atoms with Crippen LogP contribution in [0.15, 0.2) is 30.6 Å². The molecule has 0 amide bonds. The SMILES string of the molecule is CC1CC(C)(C)CC1NCCCn1cnc2ccccc21. The van der Waals surface area contributed by atoms with Gasteiger partial charge in [0, 0.05) is 12.6 Å². The topological polar surface area (TPSA) is 29.9 Å². The molecule has 3 heteroatoms. The molecule has 3 rings (SSSR count). The predicted octanol–water partition coefficient (Wildman–Crippen LogP) is 3.84. The standard InChI is InChI=1S/C18H27N3/c1-14-11-18(2,3)12-16(14)19-9-6-10-21-13-20-15-7-4-5-8-17(15)21/h4-5,7-8,13-14,16,19H,6,9-12H2,1-3H3. The summed E-state index contributed by atoms with van der Waals surface area (Å²) in [7, 11) is 0. The first-order chi connectivity index (χ1) is 10.1. The van der Waals surface area contributed by atoms with E-state index in [2.05, 4.69) is 53.8 Å². The molecule has 0 saturated heterocycles. The second-order valence-electron chi connectivity index (χ2n) is 7.39. The third kappa shape index (κ3) is 3.29. The van der Waals surface area contributed by atoms with Gasteiger partial charge in [-0.1, -0.05) is 32.9 Å². The van der Waals surface area contributed by atoms with Crippen molar-refractivity contribution in [2.45, 2.75) is 52.6 Å². The van der Waals surface area contributed by atoms with E-state index in [0.29, 0.717) is 11.5 Å². The summed E-state index contributed by atoms with van der Waals surface area (Å²) in [6.07, 6.45) is 5.77. The van der Waals surface area contributed by atoms with E-state index in [-0.39, 0.29) is 0 Å². The number of imidazole rings is 1. The van der Waals surface area contributed by atoms with E-state index in [1.165, 1.54) is 18.4 Å². The van der Waals surface area contributed by atoms with Crippen LogP contribution >= 0.6 is 0 Å². The number of hydrogen-bond donors (Lipinski definition) is 1. The summed E-state index contributed by atoms with van der Waals surface area (Å²) in [6.45, 7) is 9.30. The molecule has 3 nitrogen and oxygen atoms in total. The van der Waals surface area contributed by atoms with Gasteiger partial charge in [0.2, 0.25) is 0 Å². The molecule has 1 heterocycles. The Balaban J connectivity index is 1.49. The first-order valence-electron chi connectivity index (χ1n) is 8.18. The molecule has 21 heavy (non-hydrogen) atoms. The van der Waals surface area contributed by atoms with Crippen molar-refractivity contribution in [2.75, 3.05) is 6.54 Å². The maximum Gasteiger partial charge on any atom is 0.0958 e. The van der Waals surface area contributed by atoms with Crippen LogP contribution in [0.2, 0.25) is 0 Å². The molecule has 114 valence electrons. The summed E-state index contributed by atoms with van der Waals surface area (Å²) in [5.41, 5.74) is 2.85. The van der Waals surface area contributed by atoms with Crippen LogP contribution in [-0.2, 0) is 6.54 Å². The highest BCUT2D eigenvalue weighted by molar-refractivity contribution is 5.74. The van der Waals surface area contributed by atoms with Crippen LogP contribution in [0, 0.1) is 11.3 Å². The average molecular weight is 285 g/mol. The first-order valence-corrected chi connectivity index (χ1v) is 8.18. The van der Waals surface area contributed by atoms with Crippen LogP contribution in [0.1, 0.15) is 40.0 Å². The van der Waals surface area contributed by atoms with E-state index in [1.807, 2.05) is 12.4 Å². The van der Waals surface area contributed by atoms with Gasteiger partial charge in [0.1, 0.15) is 0 Å². The quantitative estimate of drug-likeness (QED) is 0.846. The van der Waals surface area contributed by atoms with Crippen molar-refractivity contribution < 1.29 is 0 Å². The Morgan fingerprint density at radius 2 is 2.10 bits per heavy atom. The third-order valence-electron chi connectivity index (χ3n) is 4.84. The van der Waals surface area contributed by atoms with Crippen LogP contribution in [-0.4, -0.2) is 22.1 Å². The minimum Gasteiger partial charge on any atom is -0.331 e. The molecule has 1 N–H and O–H groups in total. The molecular formula is C18H27N3. The number of fused-ring (bicyclic) bond motifs is 1. The lowest BCUT2D eigenvalue weighted by Crippen LogP contribution is -2.32. The molecule has 1 saturated carbocycles. The lowest BCUT2D eigenvalue weighted by Gasteiger charge is -2.18. The maximum atomic E-state index is 4.45. The summed E-state index contributed by atoms with van der Waals surface area (Å²) in [5.74, 6) is 0.800. The van der Waals surface area contributed by atoms with Crippen LogP contribution in [0.25, 0.3) is 11.0 Å². The number of hydrogen-bond acceptors (Lipinski definition) is 2. The molecule has 2 atom stereocenters. The van der Waals surface area contributed by atoms with Gasteiger partial charge < -0.3 is 9.88 Å². The first kappa shape index (κ1) is 14.6. The monoisotopic (exact) mass is 285 g/mol. The van der Waals surface area contributed by atoms with Gasteiger partial charge in [-0.15, -0.1) is 0 Å². The number of rotatable bonds is 5. The number of aromatic nitrogens is 2. The molecule has 0 spiro atoms. The predicted molar refractivity (Wildman–Crippen MR) is 88.3 cm³/mol. The number of aryl methyl sites for hydroxylation is 1. The summed E-state index contributed by atoms with van der Waals surface area (Å²) in [4.78, 5) is 4.45.